The molecule has 7 heteroatoms. The Bertz CT molecular complexity index is 715. The van der Waals surface area contributed by atoms with Crippen molar-refractivity contribution in [2.24, 2.45) is 5.73 Å². The average molecular weight is 283 g/mol. The maximum Gasteiger partial charge on any atom is 0.256 e. The number of hydrogen-bond donors (Lipinski definition) is 3. The van der Waals surface area contributed by atoms with E-state index in [9.17, 15) is 4.79 Å². The zero-order valence-corrected chi connectivity index (χ0v) is 11.3. The summed E-state index contributed by atoms with van der Waals surface area (Å²) in [7, 11) is 1.49. The lowest BCUT2D eigenvalue weighted by molar-refractivity contribution is -0.112. The summed E-state index contributed by atoms with van der Waals surface area (Å²) >= 11 is 0. The number of amides is 1. The molecule has 0 saturated heterocycles. The van der Waals surface area contributed by atoms with Crippen molar-refractivity contribution in [3.63, 3.8) is 0 Å². The molecular weight excluding hydrogens is 270 g/mol. The zero-order valence-electron chi connectivity index (χ0n) is 11.3. The molecule has 7 nitrogen and oxygen atoms in total. The highest BCUT2D eigenvalue weighted by molar-refractivity contribution is 6.20. The molecule has 2 aromatic rings. The molecule has 0 spiro atoms. The van der Waals surface area contributed by atoms with Gasteiger partial charge in [-0.2, -0.15) is 4.98 Å². The Morgan fingerprint density at radius 1 is 1.19 bits per heavy atom. The monoisotopic (exact) mass is 283 g/mol. The number of nitrogens with two attached hydrogens (primary N) is 1. The van der Waals surface area contributed by atoms with E-state index in [1.54, 1.807) is 6.07 Å². The minimum atomic E-state index is -0.633. The number of fused-ring (bicyclic) bond motifs is 1. The first-order chi connectivity index (χ1) is 10.2. The number of rotatable bonds is 3. The molecule has 4 N–H and O–H groups in total. The molecule has 21 heavy (non-hydrogen) atoms. The smallest absolute Gasteiger partial charge is 0.256 e. The zero-order chi connectivity index (χ0) is 14.8. The molecule has 106 valence electrons. The van der Waals surface area contributed by atoms with Crippen LogP contribution in [0.5, 0.6) is 5.88 Å². The number of methoxy groups -OCH3 is 1. The molecule has 1 aliphatic heterocycles. The van der Waals surface area contributed by atoms with Gasteiger partial charge in [0.25, 0.3) is 5.91 Å². The third-order valence-corrected chi connectivity index (χ3v) is 3.01. The van der Waals surface area contributed by atoms with E-state index in [1.165, 1.54) is 13.3 Å². The third-order valence-electron chi connectivity index (χ3n) is 3.01. The second kappa shape index (κ2) is 5.12. The summed E-state index contributed by atoms with van der Waals surface area (Å²) in [4.78, 5) is 20.0. The SMILES string of the molecule is COc1ccnc(C(C(N)=O)=C2Nc3ccccc3N2)n1. The van der Waals surface area contributed by atoms with Gasteiger partial charge in [0.2, 0.25) is 5.88 Å². The number of para-hydroxylation sites is 2. The van der Waals surface area contributed by atoms with E-state index >= 15 is 0 Å². The number of nitrogens with zero attached hydrogens (tertiary/aromatic N) is 2. The van der Waals surface area contributed by atoms with Crippen molar-refractivity contribution in [2.45, 2.75) is 0 Å². The number of carbonyl (C=O) groups is 1. The van der Waals surface area contributed by atoms with E-state index in [2.05, 4.69) is 20.6 Å². The predicted octanol–water partition coefficient (Wildman–Crippen LogP) is 1.18. The lowest BCUT2D eigenvalue weighted by atomic mass is 10.2. The normalized spacial score (nSPS) is 12.1. The van der Waals surface area contributed by atoms with Gasteiger partial charge in [-0.15, -0.1) is 0 Å². The maximum atomic E-state index is 11.8. The summed E-state index contributed by atoms with van der Waals surface area (Å²) in [6, 6.07) is 9.16. The van der Waals surface area contributed by atoms with Gasteiger partial charge in [0.05, 0.1) is 18.5 Å². The molecule has 0 bridgehead atoms. The van der Waals surface area contributed by atoms with Gasteiger partial charge < -0.3 is 21.1 Å². The number of anilines is 2. The second-order valence-electron chi connectivity index (χ2n) is 4.33. The molecule has 1 amide bonds. The van der Waals surface area contributed by atoms with Gasteiger partial charge in [-0.25, -0.2) is 4.98 Å². The van der Waals surface area contributed by atoms with Crippen molar-refractivity contribution < 1.29 is 9.53 Å². The van der Waals surface area contributed by atoms with Crippen molar-refractivity contribution in [1.29, 1.82) is 0 Å². The first-order valence-corrected chi connectivity index (χ1v) is 6.23. The molecule has 0 aliphatic carbocycles. The highest BCUT2D eigenvalue weighted by Gasteiger charge is 2.23. The predicted molar refractivity (Wildman–Crippen MR) is 78.4 cm³/mol. The first-order valence-electron chi connectivity index (χ1n) is 6.23. The minimum absolute atomic E-state index is 0.171. The van der Waals surface area contributed by atoms with Crippen molar-refractivity contribution in [1.82, 2.24) is 9.97 Å². The lowest BCUT2D eigenvalue weighted by Crippen LogP contribution is -2.20. The van der Waals surface area contributed by atoms with Crippen LogP contribution < -0.4 is 21.1 Å². The molecule has 1 aromatic heterocycles. The van der Waals surface area contributed by atoms with E-state index in [-0.39, 0.29) is 11.4 Å². The first kappa shape index (κ1) is 12.9. The quantitative estimate of drug-likeness (QED) is 0.731. The van der Waals surface area contributed by atoms with E-state index in [4.69, 9.17) is 10.5 Å². The maximum absolute atomic E-state index is 11.8. The van der Waals surface area contributed by atoms with Gasteiger partial charge in [0, 0.05) is 12.3 Å². The summed E-state index contributed by atoms with van der Waals surface area (Å²) in [5.74, 6) is 0.377. The van der Waals surface area contributed by atoms with Gasteiger partial charge in [0.15, 0.2) is 5.82 Å². The number of primary amides is 1. The fourth-order valence-corrected chi connectivity index (χ4v) is 2.05. The van der Waals surface area contributed by atoms with Crippen LogP contribution in [0, 0.1) is 0 Å². The summed E-state index contributed by atoms with van der Waals surface area (Å²) in [6.07, 6.45) is 1.51. The third kappa shape index (κ3) is 2.36. The van der Waals surface area contributed by atoms with Gasteiger partial charge in [-0.3, -0.25) is 4.79 Å². The molecular formula is C14H13N5O2. The average Bonchev–Trinajstić information content (AvgIpc) is 2.90. The molecule has 0 radical (unpaired) electrons. The molecule has 0 unspecified atom stereocenters. The molecule has 0 atom stereocenters. The molecule has 1 aliphatic rings. The second-order valence-corrected chi connectivity index (χ2v) is 4.33. The van der Waals surface area contributed by atoms with E-state index in [0.717, 1.165) is 11.4 Å². The van der Waals surface area contributed by atoms with Crippen LogP contribution in [-0.4, -0.2) is 23.0 Å². The standard InChI is InChI=1S/C14H13N5O2/c1-21-10-6-7-16-13(19-10)11(12(15)20)14-17-8-4-2-3-5-9(8)18-14/h2-7,17-18H,1H3,(H2,15,20). The topological polar surface area (TPSA) is 102 Å². The van der Waals surface area contributed by atoms with Crippen LogP contribution >= 0.6 is 0 Å². The Kier molecular flexibility index (Phi) is 3.15. The minimum Gasteiger partial charge on any atom is -0.481 e. The molecule has 1 aromatic carbocycles. The number of carbonyl (C=O) groups excluding carboxylic acids is 1. The molecule has 0 saturated carbocycles. The number of nitrogens with one attached hydrogen (secondary N) is 2. The Morgan fingerprint density at radius 2 is 1.86 bits per heavy atom. The van der Waals surface area contributed by atoms with Crippen molar-refractivity contribution in [3.8, 4) is 5.88 Å². The number of benzene rings is 1. The van der Waals surface area contributed by atoms with Gasteiger partial charge in [-0.05, 0) is 12.1 Å². The highest BCUT2D eigenvalue weighted by Crippen LogP contribution is 2.32. The summed E-state index contributed by atoms with van der Waals surface area (Å²) in [5.41, 5.74) is 7.36. The van der Waals surface area contributed by atoms with Crippen molar-refractivity contribution in [3.05, 3.63) is 48.2 Å². The van der Waals surface area contributed by atoms with Crippen molar-refractivity contribution in [2.75, 3.05) is 17.7 Å². The van der Waals surface area contributed by atoms with Gasteiger partial charge in [-0.1, -0.05) is 12.1 Å². The summed E-state index contributed by atoms with van der Waals surface area (Å²) < 4.78 is 5.04. The van der Waals surface area contributed by atoms with Crippen LogP contribution in [-0.2, 0) is 4.79 Å². The van der Waals surface area contributed by atoms with E-state index in [1.807, 2.05) is 24.3 Å². The Labute approximate surface area is 120 Å². The van der Waals surface area contributed by atoms with E-state index in [0.29, 0.717) is 11.7 Å². The van der Waals surface area contributed by atoms with Crippen LogP contribution in [0.3, 0.4) is 0 Å². The summed E-state index contributed by atoms with van der Waals surface area (Å²) in [5, 5.41) is 6.20. The van der Waals surface area contributed by atoms with E-state index < -0.39 is 5.91 Å². The Hall–Kier alpha value is -3.09. The largest absolute Gasteiger partial charge is 0.481 e. The van der Waals surface area contributed by atoms with Gasteiger partial charge >= 0.3 is 0 Å². The number of ether oxygens (including phenoxy) is 1. The van der Waals surface area contributed by atoms with Crippen LogP contribution in [0.15, 0.2) is 42.3 Å². The highest BCUT2D eigenvalue weighted by atomic mass is 16.5. The molecule has 3 rings (SSSR count). The fraction of sp³-hybridized carbons (Fsp3) is 0.0714. The molecule has 2 heterocycles. The van der Waals surface area contributed by atoms with Crippen molar-refractivity contribution >= 4 is 22.9 Å². The summed E-state index contributed by atoms with van der Waals surface area (Å²) in [6.45, 7) is 0. The van der Waals surface area contributed by atoms with Crippen LogP contribution in [0.1, 0.15) is 5.82 Å². The Balaban J connectivity index is 2.07. The Morgan fingerprint density at radius 3 is 2.43 bits per heavy atom. The van der Waals surface area contributed by atoms with Crippen LogP contribution in [0.4, 0.5) is 11.4 Å². The number of hydrogen-bond acceptors (Lipinski definition) is 6. The van der Waals surface area contributed by atoms with Crippen LogP contribution in [0.2, 0.25) is 0 Å². The molecule has 0 fully saturated rings. The van der Waals surface area contributed by atoms with Gasteiger partial charge in [0.1, 0.15) is 11.4 Å². The number of aromatic nitrogens is 2. The van der Waals surface area contributed by atoms with Crippen LogP contribution in [0.25, 0.3) is 5.57 Å². The fourth-order valence-electron chi connectivity index (χ4n) is 2.05. The lowest BCUT2D eigenvalue weighted by Gasteiger charge is -2.08.